The van der Waals surface area contributed by atoms with Crippen molar-refractivity contribution in [2.24, 2.45) is 0 Å². The highest BCUT2D eigenvalue weighted by Crippen LogP contribution is 2.44. The predicted molar refractivity (Wildman–Crippen MR) is 202 cm³/mol. The lowest BCUT2D eigenvalue weighted by Crippen LogP contribution is -2.09. The molecule has 10 rings (SSSR count). The zero-order valence-corrected chi connectivity index (χ0v) is 26.2. The molecule has 0 unspecified atom stereocenters. The summed E-state index contributed by atoms with van der Waals surface area (Å²) in [5.74, 6) is 0. The maximum absolute atomic E-state index is 6.39. The SMILES string of the molecule is c1ccc(-c2ccc3cc(N(c4ccc5sc6ccccc6c5c4)c4ccc5oc6ccc7ccccc7c6c5c4)ccc3c2)cc1. The van der Waals surface area contributed by atoms with Gasteiger partial charge in [0, 0.05) is 48.0 Å². The maximum atomic E-state index is 6.39. The minimum absolute atomic E-state index is 0.895. The van der Waals surface area contributed by atoms with E-state index in [9.17, 15) is 0 Å². The molecule has 2 nitrogen and oxygen atoms in total. The smallest absolute Gasteiger partial charge is 0.136 e. The maximum Gasteiger partial charge on any atom is 0.136 e. The van der Waals surface area contributed by atoms with Gasteiger partial charge in [-0.05, 0) is 99.4 Å². The van der Waals surface area contributed by atoms with Crippen LogP contribution in [-0.4, -0.2) is 0 Å². The molecule has 10 aromatic rings. The molecule has 0 fully saturated rings. The van der Waals surface area contributed by atoms with Crippen LogP contribution in [0.3, 0.4) is 0 Å². The molecule has 0 bridgehead atoms. The van der Waals surface area contributed by atoms with Crippen LogP contribution in [0.5, 0.6) is 0 Å². The summed E-state index contributed by atoms with van der Waals surface area (Å²) in [6, 6.07) is 59.2. The molecule has 8 aromatic carbocycles. The normalized spacial score (nSPS) is 11.8. The van der Waals surface area contributed by atoms with E-state index in [1.165, 1.54) is 52.8 Å². The van der Waals surface area contributed by atoms with E-state index in [1.54, 1.807) is 0 Å². The lowest BCUT2D eigenvalue weighted by molar-refractivity contribution is 0.669. The summed E-state index contributed by atoms with van der Waals surface area (Å²) in [4.78, 5) is 2.39. The Morgan fingerprint density at radius 1 is 0.383 bits per heavy atom. The molecule has 0 aliphatic rings. The second-order valence-corrected chi connectivity index (χ2v) is 13.3. The van der Waals surface area contributed by atoms with Crippen molar-refractivity contribution in [1.82, 2.24) is 0 Å². The molecule has 0 aliphatic carbocycles. The monoisotopic (exact) mass is 617 g/mol. The Morgan fingerprint density at radius 3 is 1.94 bits per heavy atom. The van der Waals surface area contributed by atoms with E-state index in [4.69, 9.17) is 4.42 Å². The van der Waals surface area contributed by atoms with Gasteiger partial charge in [0.05, 0.1) is 0 Å². The number of rotatable bonds is 4. The molecular formula is C44H27NOS. The molecule has 47 heavy (non-hydrogen) atoms. The number of hydrogen-bond acceptors (Lipinski definition) is 3. The minimum Gasteiger partial charge on any atom is -0.456 e. The zero-order valence-electron chi connectivity index (χ0n) is 25.4. The van der Waals surface area contributed by atoms with Crippen molar-refractivity contribution in [3.63, 3.8) is 0 Å². The van der Waals surface area contributed by atoms with Crippen LogP contribution in [-0.2, 0) is 0 Å². The molecule has 0 saturated heterocycles. The first kappa shape index (κ1) is 26.3. The largest absolute Gasteiger partial charge is 0.456 e. The van der Waals surface area contributed by atoms with E-state index >= 15 is 0 Å². The van der Waals surface area contributed by atoms with Gasteiger partial charge in [-0.3, -0.25) is 0 Å². The molecular weight excluding hydrogens is 591 g/mol. The summed E-state index contributed by atoms with van der Waals surface area (Å²) in [5, 5.41) is 9.70. The van der Waals surface area contributed by atoms with Crippen LogP contribution in [0.4, 0.5) is 17.1 Å². The first-order chi connectivity index (χ1) is 23.3. The van der Waals surface area contributed by atoms with Crippen molar-refractivity contribution in [3.8, 4) is 11.1 Å². The summed E-state index contributed by atoms with van der Waals surface area (Å²) in [6.07, 6.45) is 0. The summed E-state index contributed by atoms with van der Waals surface area (Å²) in [5.41, 5.74) is 7.58. The second-order valence-electron chi connectivity index (χ2n) is 12.2. The van der Waals surface area contributed by atoms with Crippen LogP contribution in [0.1, 0.15) is 0 Å². The Kier molecular flexibility index (Phi) is 5.78. The molecule has 0 spiro atoms. The van der Waals surface area contributed by atoms with E-state index in [2.05, 4.69) is 169 Å². The molecule has 2 aromatic heterocycles. The van der Waals surface area contributed by atoms with E-state index < -0.39 is 0 Å². The van der Waals surface area contributed by atoms with Gasteiger partial charge in [-0.25, -0.2) is 0 Å². The Labute approximate surface area is 275 Å². The van der Waals surface area contributed by atoms with Crippen LogP contribution in [0, 0.1) is 0 Å². The summed E-state index contributed by atoms with van der Waals surface area (Å²) >= 11 is 1.85. The average molecular weight is 618 g/mol. The van der Waals surface area contributed by atoms with Gasteiger partial charge in [-0.2, -0.15) is 0 Å². The Morgan fingerprint density at radius 2 is 1.02 bits per heavy atom. The third-order valence-corrected chi connectivity index (χ3v) is 10.6. The number of anilines is 3. The molecule has 2 heterocycles. The summed E-state index contributed by atoms with van der Waals surface area (Å²) in [7, 11) is 0. The number of nitrogens with zero attached hydrogens (tertiary/aromatic N) is 1. The van der Waals surface area contributed by atoms with Crippen molar-refractivity contribution in [1.29, 1.82) is 0 Å². The van der Waals surface area contributed by atoms with E-state index in [0.717, 1.165) is 39.0 Å². The fourth-order valence-electron chi connectivity index (χ4n) is 7.16. The molecule has 0 radical (unpaired) electrons. The molecule has 0 amide bonds. The molecule has 0 saturated carbocycles. The molecule has 3 heteroatoms. The zero-order chi connectivity index (χ0) is 30.9. The lowest BCUT2D eigenvalue weighted by Gasteiger charge is -2.26. The molecule has 0 atom stereocenters. The first-order valence-corrected chi connectivity index (χ1v) is 16.7. The predicted octanol–water partition coefficient (Wildman–Crippen LogP) is 13.4. The lowest BCUT2D eigenvalue weighted by atomic mass is 10.0. The summed E-state index contributed by atoms with van der Waals surface area (Å²) in [6.45, 7) is 0. The van der Waals surface area contributed by atoms with Crippen LogP contribution >= 0.6 is 11.3 Å². The number of hydrogen-bond donors (Lipinski definition) is 0. The number of thiophene rings is 1. The van der Waals surface area contributed by atoms with Crippen molar-refractivity contribution in [2.75, 3.05) is 4.90 Å². The minimum atomic E-state index is 0.895. The van der Waals surface area contributed by atoms with Gasteiger partial charge in [-0.1, -0.05) is 97.1 Å². The summed E-state index contributed by atoms with van der Waals surface area (Å²) < 4.78 is 9.00. The standard InChI is InChI=1S/C44H27NOS/c1-2-8-28(9-3-1)30-14-15-32-25-33(18-16-31(32)24-30)45(35-20-23-43-38(26-35)37-12-6-7-13-42(37)47-43)34-19-22-40-39(27-34)44-36-11-5-4-10-29(36)17-21-41(44)46-40/h1-27H. The van der Waals surface area contributed by atoms with Crippen LogP contribution < -0.4 is 4.90 Å². The third kappa shape index (κ3) is 4.25. The van der Waals surface area contributed by atoms with Gasteiger partial charge in [-0.15, -0.1) is 11.3 Å². The van der Waals surface area contributed by atoms with E-state index in [-0.39, 0.29) is 0 Å². The molecule has 220 valence electrons. The number of fused-ring (bicyclic) bond motifs is 9. The Hall–Kier alpha value is -5.90. The van der Waals surface area contributed by atoms with Gasteiger partial charge >= 0.3 is 0 Å². The number of benzene rings is 8. The fraction of sp³-hybridized carbons (Fsp3) is 0. The van der Waals surface area contributed by atoms with Gasteiger partial charge in [0.2, 0.25) is 0 Å². The average Bonchev–Trinajstić information content (AvgIpc) is 3.70. The molecule has 0 aliphatic heterocycles. The fourth-order valence-corrected chi connectivity index (χ4v) is 8.24. The van der Waals surface area contributed by atoms with Crippen LogP contribution in [0.15, 0.2) is 168 Å². The third-order valence-electron chi connectivity index (χ3n) is 9.41. The number of furan rings is 1. The highest BCUT2D eigenvalue weighted by Gasteiger charge is 2.18. The van der Waals surface area contributed by atoms with Crippen LogP contribution in [0.2, 0.25) is 0 Å². The highest BCUT2D eigenvalue weighted by molar-refractivity contribution is 7.25. The first-order valence-electron chi connectivity index (χ1n) is 15.9. The highest BCUT2D eigenvalue weighted by atomic mass is 32.1. The van der Waals surface area contributed by atoms with Crippen molar-refractivity contribution in [2.45, 2.75) is 0 Å². The Balaban J connectivity index is 1.20. The van der Waals surface area contributed by atoms with Gasteiger partial charge < -0.3 is 9.32 Å². The van der Waals surface area contributed by atoms with E-state index in [0.29, 0.717) is 0 Å². The second kappa shape index (κ2) is 10.3. The molecule has 0 N–H and O–H groups in total. The quantitative estimate of drug-likeness (QED) is 0.195. The van der Waals surface area contributed by atoms with Gasteiger partial charge in [0.25, 0.3) is 0 Å². The van der Waals surface area contributed by atoms with Crippen molar-refractivity contribution < 1.29 is 4.42 Å². The van der Waals surface area contributed by atoms with Crippen LogP contribution in [0.25, 0.3) is 74.8 Å². The van der Waals surface area contributed by atoms with Crippen molar-refractivity contribution >= 4 is 92.1 Å². The van der Waals surface area contributed by atoms with Gasteiger partial charge in [0.1, 0.15) is 11.2 Å². The topological polar surface area (TPSA) is 16.4 Å². The van der Waals surface area contributed by atoms with Gasteiger partial charge in [0.15, 0.2) is 0 Å². The van der Waals surface area contributed by atoms with Crippen molar-refractivity contribution in [3.05, 3.63) is 164 Å². The Bertz CT molecular complexity index is 2810. The van der Waals surface area contributed by atoms with E-state index in [1.807, 2.05) is 11.3 Å².